The highest BCUT2D eigenvalue weighted by molar-refractivity contribution is 7.99. The molecule has 0 aliphatic carbocycles. The summed E-state index contributed by atoms with van der Waals surface area (Å²) in [5.41, 5.74) is 4.29. The fourth-order valence-electron chi connectivity index (χ4n) is 2.19. The van der Waals surface area contributed by atoms with Crippen molar-refractivity contribution in [2.45, 2.75) is 38.3 Å². The van der Waals surface area contributed by atoms with E-state index >= 15 is 0 Å². The summed E-state index contributed by atoms with van der Waals surface area (Å²) >= 11 is 1.14. The molecule has 1 heterocycles. The van der Waals surface area contributed by atoms with Crippen LogP contribution in [0, 0.1) is 12.7 Å². The molecule has 0 saturated heterocycles. The molecule has 1 amide bonds. The van der Waals surface area contributed by atoms with E-state index in [0.29, 0.717) is 28.4 Å². The maximum atomic E-state index is 12.8. The van der Waals surface area contributed by atoms with E-state index in [0.717, 1.165) is 24.6 Å². The molecule has 26 heavy (non-hydrogen) atoms. The Morgan fingerprint density at radius 3 is 2.77 bits per heavy atom. The summed E-state index contributed by atoms with van der Waals surface area (Å²) in [6.45, 7) is 3.87. The Hall–Kier alpha value is -2.48. The summed E-state index contributed by atoms with van der Waals surface area (Å²) in [7, 11) is 0. The highest BCUT2D eigenvalue weighted by atomic mass is 32.2. The molecule has 0 aliphatic heterocycles. The Morgan fingerprint density at radius 2 is 2.12 bits per heavy atom. The lowest BCUT2D eigenvalue weighted by Gasteiger charge is -2.06. The van der Waals surface area contributed by atoms with Crippen molar-refractivity contribution < 1.29 is 9.18 Å². The molecule has 2 rings (SSSR count). The van der Waals surface area contributed by atoms with Crippen LogP contribution in [0.1, 0.15) is 36.6 Å². The van der Waals surface area contributed by atoms with Crippen LogP contribution in [0.25, 0.3) is 0 Å². The number of rotatable bonds is 8. The highest BCUT2D eigenvalue weighted by Gasteiger charge is 2.09. The van der Waals surface area contributed by atoms with Crippen LogP contribution in [0.3, 0.4) is 0 Å². The second-order valence-electron chi connectivity index (χ2n) is 5.67. The average molecular weight is 376 g/mol. The lowest BCUT2D eigenvalue weighted by Crippen LogP contribution is -2.21. The fourth-order valence-corrected chi connectivity index (χ4v) is 2.89. The number of nitrogens with zero attached hydrogens (tertiary/aromatic N) is 2. The van der Waals surface area contributed by atoms with Crippen molar-refractivity contribution in [3.63, 3.8) is 0 Å². The molecule has 2 aromatic rings. The molecule has 1 aromatic carbocycles. The summed E-state index contributed by atoms with van der Waals surface area (Å²) < 4.78 is 12.8. The number of carbonyl (C=O) groups is 1. The maximum absolute atomic E-state index is 12.8. The predicted molar refractivity (Wildman–Crippen MR) is 101 cm³/mol. The number of carbonyl (C=O) groups excluding carboxylic acids is 1. The van der Waals surface area contributed by atoms with Gasteiger partial charge in [0.1, 0.15) is 5.82 Å². The minimum absolute atomic E-state index is 0.0669. The van der Waals surface area contributed by atoms with Gasteiger partial charge in [-0.3, -0.25) is 9.59 Å². The van der Waals surface area contributed by atoms with Crippen molar-refractivity contribution in [1.29, 1.82) is 0 Å². The van der Waals surface area contributed by atoms with Crippen molar-refractivity contribution in [1.82, 2.24) is 15.4 Å². The van der Waals surface area contributed by atoms with E-state index in [1.54, 1.807) is 19.1 Å². The van der Waals surface area contributed by atoms with Crippen molar-refractivity contribution in [2.24, 2.45) is 5.10 Å². The summed E-state index contributed by atoms with van der Waals surface area (Å²) in [4.78, 5) is 31.0. The molecule has 2 N–H and O–H groups in total. The van der Waals surface area contributed by atoms with Crippen molar-refractivity contribution >= 4 is 23.9 Å². The van der Waals surface area contributed by atoms with E-state index in [-0.39, 0.29) is 23.0 Å². The summed E-state index contributed by atoms with van der Waals surface area (Å²) in [6.07, 6.45) is 4.07. The van der Waals surface area contributed by atoms with Gasteiger partial charge in [-0.1, -0.05) is 37.2 Å². The number of halogens is 1. The molecule has 8 heteroatoms. The van der Waals surface area contributed by atoms with Crippen molar-refractivity contribution in [3.8, 4) is 0 Å². The number of unbranched alkanes of at least 4 members (excludes halogenated alkanes) is 1. The number of thioether (sulfide) groups is 1. The zero-order valence-corrected chi connectivity index (χ0v) is 15.5. The molecule has 0 atom stereocenters. The molecule has 0 fully saturated rings. The number of H-pyrrole nitrogens is 1. The number of hydrogen-bond donors (Lipinski definition) is 2. The smallest absolute Gasteiger partial charge is 0.254 e. The first-order chi connectivity index (χ1) is 12.5. The van der Waals surface area contributed by atoms with Gasteiger partial charge in [0, 0.05) is 11.3 Å². The maximum Gasteiger partial charge on any atom is 0.254 e. The van der Waals surface area contributed by atoms with Gasteiger partial charge in [-0.15, -0.1) is 0 Å². The molecule has 0 spiro atoms. The minimum Gasteiger partial charge on any atom is -0.301 e. The second kappa shape index (κ2) is 9.86. The summed E-state index contributed by atoms with van der Waals surface area (Å²) in [6, 6.07) is 5.73. The molecule has 138 valence electrons. The van der Waals surface area contributed by atoms with Crippen molar-refractivity contribution in [2.75, 3.05) is 5.75 Å². The molecule has 0 aliphatic rings. The van der Waals surface area contributed by atoms with Gasteiger partial charge in [0.05, 0.1) is 12.0 Å². The van der Waals surface area contributed by atoms with Crippen LogP contribution in [-0.4, -0.2) is 27.8 Å². The third-order valence-electron chi connectivity index (χ3n) is 3.59. The number of benzene rings is 1. The van der Waals surface area contributed by atoms with E-state index in [4.69, 9.17) is 0 Å². The highest BCUT2D eigenvalue weighted by Crippen LogP contribution is 2.13. The second-order valence-corrected chi connectivity index (χ2v) is 6.64. The van der Waals surface area contributed by atoms with E-state index < -0.39 is 0 Å². The van der Waals surface area contributed by atoms with E-state index in [2.05, 4.69) is 27.4 Å². The number of aryl methyl sites for hydroxylation is 1. The Bertz CT molecular complexity index is 834. The fraction of sp³-hybridized carbons (Fsp3) is 0.333. The number of nitrogens with one attached hydrogen (secondary N) is 2. The predicted octanol–water partition coefficient (Wildman–Crippen LogP) is 2.80. The average Bonchev–Trinajstić information content (AvgIpc) is 2.61. The molecule has 0 bridgehead atoms. The molecule has 1 aromatic heterocycles. The number of aromatic nitrogens is 2. The van der Waals surface area contributed by atoms with E-state index in [9.17, 15) is 14.0 Å². The summed E-state index contributed by atoms with van der Waals surface area (Å²) in [5, 5.41) is 4.22. The molecular formula is C18H21FN4O2S. The lowest BCUT2D eigenvalue weighted by molar-refractivity contribution is -0.118. The lowest BCUT2D eigenvalue weighted by atomic mass is 10.1. The molecule has 0 saturated carbocycles. The van der Waals surface area contributed by atoms with Gasteiger partial charge in [0.25, 0.3) is 11.5 Å². The van der Waals surface area contributed by atoms with Gasteiger partial charge in [-0.25, -0.2) is 14.8 Å². The van der Waals surface area contributed by atoms with Gasteiger partial charge in [0.2, 0.25) is 0 Å². The Kier molecular flexibility index (Phi) is 7.53. The van der Waals surface area contributed by atoms with Gasteiger partial charge in [-0.05, 0) is 37.5 Å². The third-order valence-corrected chi connectivity index (χ3v) is 4.47. The number of amides is 1. The Morgan fingerprint density at radius 1 is 1.38 bits per heavy atom. The number of hydrogen-bond acceptors (Lipinski definition) is 5. The van der Waals surface area contributed by atoms with E-state index in [1.807, 2.05) is 0 Å². The largest absolute Gasteiger partial charge is 0.301 e. The van der Waals surface area contributed by atoms with E-state index in [1.165, 1.54) is 18.3 Å². The third kappa shape index (κ3) is 6.11. The standard InChI is InChI=1S/C18H21FN4O2S/c1-3-4-5-15-12(2)21-18(22-17(15)25)26-11-16(24)23-20-10-13-6-8-14(19)9-7-13/h6-10H,3-5,11H2,1-2H3,(H,23,24)(H,21,22,25)/b20-10+. The van der Waals surface area contributed by atoms with Crippen LogP contribution in [0.5, 0.6) is 0 Å². The van der Waals surface area contributed by atoms with Gasteiger partial charge in [0.15, 0.2) is 5.16 Å². The summed E-state index contributed by atoms with van der Waals surface area (Å²) in [5.74, 6) is -0.596. The molecule has 6 nitrogen and oxygen atoms in total. The van der Waals surface area contributed by atoms with Crippen LogP contribution in [0.2, 0.25) is 0 Å². The number of aromatic amines is 1. The van der Waals surface area contributed by atoms with Gasteiger partial charge < -0.3 is 4.98 Å². The number of hydrazone groups is 1. The first kappa shape index (κ1) is 19.8. The zero-order valence-electron chi connectivity index (χ0n) is 14.7. The molecular weight excluding hydrogens is 355 g/mol. The molecule has 0 unspecified atom stereocenters. The van der Waals surface area contributed by atoms with Crippen LogP contribution in [0.15, 0.2) is 39.3 Å². The van der Waals surface area contributed by atoms with Gasteiger partial charge >= 0.3 is 0 Å². The van der Waals surface area contributed by atoms with Crippen LogP contribution < -0.4 is 11.0 Å². The monoisotopic (exact) mass is 376 g/mol. The zero-order chi connectivity index (χ0) is 18.9. The minimum atomic E-state index is -0.333. The van der Waals surface area contributed by atoms with Crippen molar-refractivity contribution in [3.05, 3.63) is 57.3 Å². The quantitative estimate of drug-likeness (QED) is 0.321. The van der Waals surface area contributed by atoms with Crippen LogP contribution in [0.4, 0.5) is 4.39 Å². The molecule has 0 radical (unpaired) electrons. The normalized spacial score (nSPS) is 11.0. The Labute approximate surface area is 155 Å². The Balaban J connectivity index is 1.87. The first-order valence-corrected chi connectivity index (χ1v) is 9.28. The first-order valence-electron chi connectivity index (χ1n) is 8.29. The van der Waals surface area contributed by atoms with Crippen LogP contribution in [-0.2, 0) is 11.2 Å². The van der Waals surface area contributed by atoms with Gasteiger partial charge in [-0.2, -0.15) is 5.10 Å². The SMILES string of the molecule is CCCCc1c(C)nc(SCC(=O)N/N=C/c2ccc(F)cc2)[nH]c1=O. The van der Waals surface area contributed by atoms with Crippen LogP contribution >= 0.6 is 11.8 Å². The topological polar surface area (TPSA) is 87.2 Å².